The smallest absolute Gasteiger partial charge is 0.161 e. The molecule has 0 aliphatic rings. The van der Waals surface area contributed by atoms with Crippen LogP contribution >= 0.6 is 11.6 Å². The average Bonchev–Trinajstić information content (AvgIpc) is 2.90. The van der Waals surface area contributed by atoms with Gasteiger partial charge in [-0.1, -0.05) is 30.7 Å². The molecule has 0 saturated heterocycles. The Labute approximate surface area is 131 Å². The van der Waals surface area contributed by atoms with Crippen LogP contribution in [0, 0.1) is 0 Å². The Hall–Kier alpha value is -1.52. The Balaban J connectivity index is 2.27. The minimum absolute atomic E-state index is 0.148. The molecule has 5 heteroatoms. The fourth-order valence-corrected chi connectivity index (χ4v) is 2.59. The van der Waals surface area contributed by atoms with Crippen molar-refractivity contribution >= 4 is 11.6 Å². The number of methoxy groups -OCH3 is 1. The molecule has 4 nitrogen and oxygen atoms in total. The van der Waals surface area contributed by atoms with Gasteiger partial charge in [0.2, 0.25) is 0 Å². The molecule has 0 amide bonds. The molecule has 0 spiro atoms. The molecule has 0 fully saturated rings. The van der Waals surface area contributed by atoms with Crippen molar-refractivity contribution < 1.29 is 4.74 Å². The first kappa shape index (κ1) is 15.9. The number of nitrogens with zero attached hydrogens (tertiary/aromatic N) is 2. The van der Waals surface area contributed by atoms with Gasteiger partial charge in [0.15, 0.2) is 5.75 Å². The lowest BCUT2D eigenvalue weighted by molar-refractivity contribution is 0.393. The van der Waals surface area contributed by atoms with Gasteiger partial charge in [-0.25, -0.2) is 0 Å². The fraction of sp³-hybridized carbons (Fsp3) is 0.438. The van der Waals surface area contributed by atoms with Crippen molar-refractivity contribution in [1.82, 2.24) is 15.1 Å². The lowest BCUT2D eigenvalue weighted by Crippen LogP contribution is -2.23. The van der Waals surface area contributed by atoms with Crippen molar-refractivity contribution in [2.24, 2.45) is 0 Å². The molecule has 0 aliphatic carbocycles. The molecular formula is C16H22ClN3O. The number of hydrogen-bond acceptors (Lipinski definition) is 3. The van der Waals surface area contributed by atoms with Crippen LogP contribution in [0.15, 0.2) is 30.5 Å². The van der Waals surface area contributed by atoms with Crippen molar-refractivity contribution in [3.8, 4) is 5.75 Å². The zero-order valence-electron chi connectivity index (χ0n) is 12.8. The largest absolute Gasteiger partial charge is 0.493 e. The number of aryl methyl sites for hydroxylation is 1. The van der Waals surface area contributed by atoms with E-state index in [1.165, 1.54) is 5.56 Å². The Morgan fingerprint density at radius 1 is 1.33 bits per heavy atom. The molecule has 2 rings (SSSR count). The molecule has 0 radical (unpaired) electrons. The molecule has 1 heterocycles. The van der Waals surface area contributed by atoms with Crippen molar-refractivity contribution in [2.75, 3.05) is 14.2 Å². The summed E-state index contributed by atoms with van der Waals surface area (Å²) in [5, 5.41) is 8.56. The highest BCUT2D eigenvalue weighted by Gasteiger charge is 2.20. The van der Waals surface area contributed by atoms with Crippen LogP contribution in [0.1, 0.15) is 30.6 Å². The molecule has 114 valence electrons. The summed E-state index contributed by atoms with van der Waals surface area (Å²) in [4.78, 5) is 0. The molecule has 1 unspecified atom stereocenters. The SMILES string of the molecule is CCCn1ncc(OC)c1C(Cc1ccc(Cl)cc1)NC. The molecular weight excluding hydrogens is 286 g/mol. The molecule has 2 aromatic rings. The van der Waals surface area contributed by atoms with Crippen LogP contribution in [0.3, 0.4) is 0 Å². The summed E-state index contributed by atoms with van der Waals surface area (Å²) < 4.78 is 7.49. The van der Waals surface area contributed by atoms with Gasteiger partial charge in [-0.3, -0.25) is 4.68 Å². The van der Waals surface area contributed by atoms with Gasteiger partial charge in [-0.2, -0.15) is 5.10 Å². The number of rotatable bonds is 7. The lowest BCUT2D eigenvalue weighted by Gasteiger charge is -2.19. The van der Waals surface area contributed by atoms with E-state index in [-0.39, 0.29) is 6.04 Å². The van der Waals surface area contributed by atoms with Crippen LogP contribution in [-0.4, -0.2) is 23.9 Å². The number of nitrogens with one attached hydrogen (secondary N) is 1. The highest BCUT2D eigenvalue weighted by molar-refractivity contribution is 6.30. The monoisotopic (exact) mass is 307 g/mol. The molecule has 0 aliphatic heterocycles. The van der Waals surface area contributed by atoms with Crippen LogP contribution < -0.4 is 10.1 Å². The Morgan fingerprint density at radius 2 is 2.05 bits per heavy atom. The van der Waals surface area contributed by atoms with Crippen LogP contribution in [0.5, 0.6) is 5.75 Å². The van der Waals surface area contributed by atoms with Gasteiger partial charge in [0.1, 0.15) is 0 Å². The summed E-state index contributed by atoms with van der Waals surface area (Å²) >= 11 is 5.95. The first-order valence-electron chi connectivity index (χ1n) is 7.21. The second-order valence-corrected chi connectivity index (χ2v) is 5.43. The molecule has 1 N–H and O–H groups in total. The number of ether oxygens (including phenoxy) is 1. The maximum Gasteiger partial charge on any atom is 0.161 e. The van der Waals surface area contributed by atoms with E-state index in [4.69, 9.17) is 16.3 Å². The van der Waals surface area contributed by atoms with Gasteiger partial charge in [0, 0.05) is 11.6 Å². The predicted octanol–water partition coefficient (Wildman–Crippen LogP) is 3.46. The van der Waals surface area contributed by atoms with Crippen molar-refractivity contribution in [3.05, 3.63) is 46.7 Å². The average molecular weight is 308 g/mol. The maximum absolute atomic E-state index is 5.95. The van der Waals surface area contributed by atoms with Gasteiger partial charge >= 0.3 is 0 Å². The van der Waals surface area contributed by atoms with Crippen LogP contribution in [0.4, 0.5) is 0 Å². The molecule has 0 saturated carbocycles. The minimum Gasteiger partial charge on any atom is -0.493 e. The number of halogens is 1. The van der Waals surface area contributed by atoms with E-state index in [1.54, 1.807) is 13.3 Å². The van der Waals surface area contributed by atoms with Gasteiger partial charge in [0.25, 0.3) is 0 Å². The lowest BCUT2D eigenvalue weighted by atomic mass is 10.0. The second-order valence-electron chi connectivity index (χ2n) is 4.99. The van der Waals surface area contributed by atoms with E-state index >= 15 is 0 Å². The Kier molecular flexibility index (Phi) is 5.65. The second kappa shape index (κ2) is 7.48. The molecule has 1 aromatic heterocycles. The molecule has 1 atom stereocenters. The molecule has 1 aromatic carbocycles. The number of likely N-dealkylation sites (N-methyl/N-ethyl adjacent to an activating group) is 1. The minimum atomic E-state index is 0.148. The third-order valence-electron chi connectivity index (χ3n) is 3.53. The van der Waals surface area contributed by atoms with Crippen molar-refractivity contribution in [1.29, 1.82) is 0 Å². The number of hydrogen-bond donors (Lipinski definition) is 1. The third-order valence-corrected chi connectivity index (χ3v) is 3.78. The summed E-state index contributed by atoms with van der Waals surface area (Å²) in [6.07, 6.45) is 3.69. The first-order valence-corrected chi connectivity index (χ1v) is 7.58. The molecule has 21 heavy (non-hydrogen) atoms. The van der Waals surface area contributed by atoms with Gasteiger partial charge in [-0.05, 0) is 37.6 Å². The first-order chi connectivity index (χ1) is 10.2. The standard InChI is InChI=1S/C16H22ClN3O/c1-4-9-20-16(15(21-3)11-19-20)14(18-2)10-12-5-7-13(17)8-6-12/h5-8,11,14,18H,4,9-10H2,1-3H3. The van der Waals surface area contributed by atoms with Crippen molar-refractivity contribution in [3.63, 3.8) is 0 Å². The fourth-order valence-electron chi connectivity index (χ4n) is 2.47. The van der Waals surface area contributed by atoms with E-state index in [0.29, 0.717) is 0 Å². The third kappa shape index (κ3) is 3.77. The van der Waals surface area contributed by atoms with Crippen molar-refractivity contribution in [2.45, 2.75) is 32.4 Å². The van der Waals surface area contributed by atoms with E-state index in [0.717, 1.165) is 35.9 Å². The van der Waals surface area contributed by atoms with Crippen LogP contribution in [-0.2, 0) is 13.0 Å². The topological polar surface area (TPSA) is 39.1 Å². The number of aromatic nitrogens is 2. The van der Waals surface area contributed by atoms with E-state index in [9.17, 15) is 0 Å². The van der Waals surface area contributed by atoms with Gasteiger partial charge < -0.3 is 10.1 Å². The molecule has 0 bridgehead atoms. The highest BCUT2D eigenvalue weighted by Crippen LogP contribution is 2.28. The summed E-state index contributed by atoms with van der Waals surface area (Å²) in [5.41, 5.74) is 2.32. The van der Waals surface area contributed by atoms with Gasteiger partial charge in [-0.15, -0.1) is 0 Å². The zero-order valence-corrected chi connectivity index (χ0v) is 13.5. The Morgan fingerprint density at radius 3 is 2.62 bits per heavy atom. The maximum atomic E-state index is 5.95. The number of benzene rings is 1. The van der Waals surface area contributed by atoms with Gasteiger partial charge in [0.05, 0.1) is 25.0 Å². The summed E-state index contributed by atoms with van der Waals surface area (Å²) in [5.74, 6) is 0.830. The van der Waals surface area contributed by atoms with E-state index in [1.807, 2.05) is 23.9 Å². The summed E-state index contributed by atoms with van der Waals surface area (Å²) in [7, 11) is 3.65. The van der Waals surface area contributed by atoms with Crippen LogP contribution in [0.2, 0.25) is 5.02 Å². The van der Waals surface area contributed by atoms with Crippen LogP contribution in [0.25, 0.3) is 0 Å². The Bertz CT molecular complexity index is 565. The quantitative estimate of drug-likeness (QED) is 0.851. The summed E-state index contributed by atoms with van der Waals surface area (Å²) in [6, 6.07) is 8.10. The van der Waals surface area contributed by atoms with E-state index < -0.39 is 0 Å². The normalized spacial score (nSPS) is 12.4. The predicted molar refractivity (Wildman–Crippen MR) is 86.0 cm³/mol. The zero-order chi connectivity index (χ0) is 15.2. The highest BCUT2D eigenvalue weighted by atomic mass is 35.5. The van der Waals surface area contributed by atoms with E-state index in [2.05, 4.69) is 29.5 Å². The summed E-state index contributed by atoms with van der Waals surface area (Å²) in [6.45, 7) is 3.03.